The highest BCUT2D eigenvalue weighted by molar-refractivity contribution is 6.52. The number of amides is 1. The molecule has 0 aliphatic rings. The fourth-order valence-electron chi connectivity index (χ4n) is 3.26. The molecule has 0 aliphatic carbocycles. The van der Waals surface area contributed by atoms with Crippen molar-refractivity contribution in [1.82, 2.24) is 4.90 Å². The van der Waals surface area contributed by atoms with Gasteiger partial charge in [0.2, 0.25) is 0 Å². The van der Waals surface area contributed by atoms with Gasteiger partial charge < -0.3 is 24.1 Å². The summed E-state index contributed by atoms with van der Waals surface area (Å²) in [6.07, 6.45) is 0. The van der Waals surface area contributed by atoms with Crippen molar-refractivity contribution in [2.24, 2.45) is 0 Å². The van der Waals surface area contributed by atoms with Gasteiger partial charge in [0.05, 0.1) is 23.9 Å². The van der Waals surface area contributed by atoms with Crippen molar-refractivity contribution in [1.29, 1.82) is 0 Å². The normalized spacial score (nSPS) is 11.9. The van der Waals surface area contributed by atoms with Gasteiger partial charge in [-0.15, -0.1) is 0 Å². The van der Waals surface area contributed by atoms with Crippen LogP contribution in [0.5, 0.6) is 11.5 Å². The minimum Gasteiger partial charge on any atom is -0.497 e. The Hall–Kier alpha value is -3.03. The van der Waals surface area contributed by atoms with Crippen LogP contribution in [-0.4, -0.2) is 55.8 Å². The fraction of sp³-hybridized carbons (Fsp3) is 0.370. The van der Waals surface area contributed by atoms with Crippen LogP contribution in [0.4, 0.5) is 0 Å². The van der Waals surface area contributed by atoms with E-state index in [0.29, 0.717) is 17.9 Å². The number of benzene rings is 3. The molecule has 1 radical (unpaired) electrons. The number of fused-ring (bicyclic) bond motifs is 1. The number of carbonyl (C=O) groups is 1. The topological polar surface area (TPSA) is 68.2 Å². The van der Waals surface area contributed by atoms with Crippen molar-refractivity contribution >= 4 is 29.6 Å². The number of methoxy groups -OCH3 is 1. The largest absolute Gasteiger partial charge is 0.497 e. The van der Waals surface area contributed by atoms with Crippen LogP contribution in [0.3, 0.4) is 0 Å². The maximum Gasteiger partial charge on any atom is 0.331 e. The van der Waals surface area contributed by atoms with Gasteiger partial charge in [-0.25, -0.2) is 0 Å². The summed E-state index contributed by atoms with van der Waals surface area (Å²) in [5, 5.41) is 12.2. The van der Waals surface area contributed by atoms with Crippen LogP contribution in [-0.2, 0) is 11.3 Å². The third-order valence-electron chi connectivity index (χ3n) is 6.16. The summed E-state index contributed by atoms with van der Waals surface area (Å²) in [4.78, 5) is 14.7. The minimum absolute atomic E-state index is 0.174. The molecule has 3 aromatic rings. The number of ether oxygens (including phenoxy) is 2. The van der Waals surface area contributed by atoms with Gasteiger partial charge in [-0.2, -0.15) is 0 Å². The molecule has 0 atom stereocenters. The Balaban J connectivity index is 2.04. The average Bonchev–Trinajstić information content (AvgIpc) is 2.80. The van der Waals surface area contributed by atoms with Crippen LogP contribution >= 0.6 is 0 Å². The highest BCUT2D eigenvalue weighted by Crippen LogP contribution is 2.31. The van der Waals surface area contributed by atoms with E-state index >= 15 is 0 Å². The first-order chi connectivity index (χ1) is 15.9. The van der Waals surface area contributed by atoms with E-state index in [1.807, 2.05) is 62.4 Å². The Morgan fingerprint density at radius 2 is 1.62 bits per heavy atom. The molecule has 0 saturated carbocycles. The van der Waals surface area contributed by atoms with Crippen molar-refractivity contribution in [2.75, 3.05) is 21.2 Å². The van der Waals surface area contributed by atoms with E-state index in [0.717, 1.165) is 27.5 Å². The van der Waals surface area contributed by atoms with Crippen LogP contribution in [0.1, 0.15) is 43.6 Å². The number of carbonyl (C=O) groups excluding carboxylic acids is 1. The quantitative estimate of drug-likeness (QED) is 0.488. The number of rotatable bonds is 9. The molecule has 1 amide bonds. The summed E-state index contributed by atoms with van der Waals surface area (Å²) < 4.78 is 17.5. The van der Waals surface area contributed by atoms with E-state index in [-0.39, 0.29) is 5.91 Å². The molecule has 0 unspecified atom stereocenters. The smallest absolute Gasteiger partial charge is 0.331 e. The first-order valence-electron chi connectivity index (χ1n) is 11.2. The maximum atomic E-state index is 13.2. The Kier molecular flexibility index (Phi) is 7.59. The molecule has 0 fully saturated rings. The summed E-state index contributed by atoms with van der Waals surface area (Å²) in [6, 6.07) is 17.2. The van der Waals surface area contributed by atoms with Crippen LogP contribution in [0.2, 0.25) is 0 Å². The molecule has 0 spiro atoms. The Bertz CT molecular complexity index is 1150. The molecule has 0 bridgehead atoms. The number of nitrogens with zero attached hydrogens (tertiary/aromatic N) is 1. The molecule has 3 aromatic carbocycles. The van der Waals surface area contributed by atoms with Gasteiger partial charge in [0.25, 0.3) is 5.91 Å². The van der Waals surface area contributed by atoms with Crippen LogP contribution < -0.4 is 14.9 Å². The highest BCUT2D eigenvalue weighted by atomic mass is 16.5. The lowest BCUT2D eigenvalue weighted by Gasteiger charge is -2.37. The van der Waals surface area contributed by atoms with E-state index in [1.165, 1.54) is 4.90 Å². The molecule has 6 nitrogen and oxygen atoms in total. The number of hydrogen-bond donors (Lipinski definition) is 1. The highest BCUT2D eigenvalue weighted by Gasteiger charge is 2.36. The maximum absolute atomic E-state index is 13.2. The zero-order chi connectivity index (χ0) is 25.1. The zero-order valence-electron chi connectivity index (χ0n) is 21.0. The van der Waals surface area contributed by atoms with Gasteiger partial charge in [-0.1, -0.05) is 36.4 Å². The third-order valence-corrected chi connectivity index (χ3v) is 6.16. The van der Waals surface area contributed by atoms with E-state index in [1.54, 1.807) is 48.6 Å². The van der Waals surface area contributed by atoms with Gasteiger partial charge in [-0.3, -0.25) is 4.79 Å². The molecule has 34 heavy (non-hydrogen) atoms. The second kappa shape index (κ2) is 10.1. The first kappa shape index (κ1) is 25.6. The van der Waals surface area contributed by atoms with Crippen molar-refractivity contribution in [3.05, 3.63) is 65.7 Å². The lowest BCUT2D eigenvalue weighted by Crippen LogP contribution is -2.49. The lowest BCUT2D eigenvalue weighted by atomic mass is 9.79. The van der Waals surface area contributed by atoms with E-state index in [9.17, 15) is 9.90 Å². The average molecular weight is 462 g/mol. The van der Waals surface area contributed by atoms with Crippen LogP contribution in [0, 0.1) is 0 Å². The van der Waals surface area contributed by atoms with Crippen molar-refractivity contribution in [3.63, 3.8) is 0 Å². The van der Waals surface area contributed by atoms with Gasteiger partial charge in [0.15, 0.2) is 0 Å². The Morgan fingerprint density at radius 3 is 2.18 bits per heavy atom. The summed E-state index contributed by atoms with van der Waals surface area (Å²) in [5.74, 6) is 1.11. The number of aliphatic hydroxyl groups is 1. The summed E-state index contributed by atoms with van der Waals surface area (Å²) in [7, 11) is 6.66. The minimum atomic E-state index is -1.07. The first-order valence-corrected chi connectivity index (χ1v) is 11.2. The van der Waals surface area contributed by atoms with Gasteiger partial charge >= 0.3 is 7.48 Å². The Morgan fingerprint density at radius 1 is 1.00 bits per heavy atom. The molecular formula is C27H33BNO5. The summed E-state index contributed by atoms with van der Waals surface area (Å²) in [6.45, 7) is 7.35. The van der Waals surface area contributed by atoms with E-state index < -0.39 is 11.2 Å². The summed E-state index contributed by atoms with van der Waals surface area (Å²) in [5.41, 5.74) is 0.217. The van der Waals surface area contributed by atoms with Crippen molar-refractivity contribution < 1.29 is 24.0 Å². The van der Waals surface area contributed by atoms with Gasteiger partial charge in [-0.05, 0) is 62.3 Å². The standard InChI is InChI=1S/C27H33BNO5/c1-26(2,31)27(3,4)34-28-23-16-22(25(30)29(5)6)24(21-11-9-8-10-20(21)23)33-17-18-12-14-19(32-7)15-13-18/h8-16,31H,17H2,1-7H3. The Labute approximate surface area is 202 Å². The molecule has 7 heteroatoms. The number of hydrogen-bond acceptors (Lipinski definition) is 5. The second-order valence-electron chi connectivity index (χ2n) is 9.53. The molecule has 0 heterocycles. The van der Waals surface area contributed by atoms with E-state index in [4.69, 9.17) is 14.1 Å². The molecule has 1 N–H and O–H groups in total. The SMILES string of the molecule is COc1ccc(COc2c(C(=O)N(C)C)cc([B]OC(C)(C)C(C)(C)O)c3ccccc23)cc1. The molecule has 0 aromatic heterocycles. The zero-order valence-corrected chi connectivity index (χ0v) is 21.0. The lowest BCUT2D eigenvalue weighted by molar-refractivity contribution is -0.0893. The molecule has 0 aliphatic heterocycles. The van der Waals surface area contributed by atoms with Crippen LogP contribution in [0.25, 0.3) is 10.8 Å². The van der Waals surface area contributed by atoms with Gasteiger partial charge in [0.1, 0.15) is 18.1 Å². The second-order valence-corrected chi connectivity index (χ2v) is 9.53. The van der Waals surface area contributed by atoms with E-state index in [2.05, 4.69) is 0 Å². The molecule has 179 valence electrons. The molecular weight excluding hydrogens is 429 g/mol. The van der Waals surface area contributed by atoms with Crippen molar-refractivity contribution in [2.45, 2.75) is 45.5 Å². The predicted octanol–water partition coefficient (Wildman–Crippen LogP) is 3.94. The molecule has 3 rings (SSSR count). The third kappa shape index (κ3) is 5.54. The van der Waals surface area contributed by atoms with Crippen LogP contribution in [0.15, 0.2) is 54.6 Å². The summed E-state index contributed by atoms with van der Waals surface area (Å²) >= 11 is 0. The van der Waals surface area contributed by atoms with Crippen molar-refractivity contribution in [3.8, 4) is 11.5 Å². The predicted molar refractivity (Wildman–Crippen MR) is 136 cm³/mol. The monoisotopic (exact) mass is 462 g/mol. The molecule has 0 saturated heterocycles. The van der Waals surface area contributed by atoms with Gasteiger partial charge in [0, 0.05) is 19.5 Å². The fourth-order valence-corrected chi connectivity index (χ4v) is 3.26.